The van der Waals surface area contributed by atoms with Gasteiger partial charge in [-0.25, -0.2) is 0 Å². The summed E-state index contributed by atoms with van der Waals surface area (Å²) in [6, 6.07) is 0. The van der Waals surface area contributed by atoms with Crippen molar-refractivity contribution < 1.29 is 50.4 Å². The van der Waals surface area contributed by atoms with Gasteiger partial charge in [0.2, 0.25) is 0 Å². The van der Waals surface area contributed by atoms with E-state index in [0.29, 0.717) is 0 Å². The standard InChI is InChI=1S/C10H18O10/c11-1-3(13)5(15)7(17)9(19)10(20)8(18)6(16)4(14)2-12/h1-10,13-20H. The third kappa shape index (κ3) is 4.54. The van der Waals surface area contributed by atoms with E-state index in [9.17, 15) is 40.2 Å². The maximum atomic E-state index is 10.2. The third-order valence-corrected chi connectivity index (χ3v) is 2.73. The van der Waals surface area contributed by atoms with E-state index in [1.165, 1.54) is 0 Å². The molecular formula is C10H18O10. The van der Waals surface area contributed by atoms with Crippen molar-refractivity contribution in [2.45, 2.75) is 48.8 Å². The van der Waals surface area contributed by atoms with Crippen molar-refractivity contribution in [1.29, 1.82) is 0 Å². The molecule has 0 fully saturated rings. The van der Waals surface area contributed by atoms with E-state index in [1.54, 1.807) is 0 Å². The topological polar surface area (TPSA) is 196 Å². The van der Waals surface area contributed by atoms with E-state index in [-0.39, 0.29) is 12.6 Å². The number of carbonyl (C=O) groups excluding carboxylic acids is 2. The zero-order valence-corrected chi connectivity index (χ0v) is 10.2. The van der Waals surface area contributed by atoms with Crippen LogP contribution < -0.4 is 0 Å². The number of carbonyl (C=O) groups is 2. The molecule has 0 saturated carbocycles. The number of aliphatic hydroxyl groups is 8. The highest BCUT2D eigenvalue weighted by Gasteiger charge is 2.40. The van der Waals surface area contributed by atoms with E-state index in [4.69, 9.17) is 10.2 Å². The van der Waals surface area contributed by atoms with Crippen LogP contribution in [0.3, 0.4) is 0 Å². The summed E-state index contributed by atoms with van der Waals surface area (Å²) in [5, 5.41) is 74.0. The molecule has 0 aromatic carbocycles. The van der Waals surface area contributed by atoms with Crippen LogP contribution in [0.15, 0.2) is 0 Å². The van der Waals surface area contributed by atoms with Crippen LogP contribution in [0.1, 0.15) is 0 Å². The number of hydrogen-bond acceptors (Lipinski definition) is 10. The van der Waals surface area contributed by atoms with Gasteiger partial charge >= 0.3 is 0 Å². The van der Waals surface area contributed by atoms with Crippen molar-refractivity contribution in [1.82, 2.24) is 0 Å². The van der Waals surface area contributed by atoms with E-state index < -0.39 is 48.8 Å². The first-order chi connectivity index (χ1) is 9.18. The minimum absolute atomic E-state index is 0.131. The number of aldehydes is 2. The molecule has 10 heteroatoms. The largest absolute Gasteiger partial charge is 0.387 e. The molecule has 0 aliphatic carbocycles. The van der Waals surface area contributed by atoms with Gasteiger partial charge in [-0.2, -0.15) is 0 Å². The molecule has 118 valence electrons. The molecule has 0 heterocycles. The van der Waals surface area contributed by atoms with Crippen LogP contribution in [0, 0.1) is 0 Å². The van der Waals surface area contributed by atoms with Crippen LogP contribution in [0.4, 0.5) is 0 Å². The zero-order chi connectivity index (χ0) is 16.0. The minimum Gasteiger partial charge on any atom is -0.387 e. The van der Waals surface area contributed by atoms with Crippen molar-refractivity contribution >= 4 is 12.6 Å². The highest BCUT2D eigenvalue weighted by molar-refractivity contribution is 5.57. The van der Waals surface area contributed by atoms with Crippen molar-refractivity contribution in [3.8, 4) is 0 Å². The van der Waals surface area contributed by atoms with Gasteiger partial charge in [-0.05, 0) is 0 Å². The van der Waals surface area contributed by atoms with Crippen LogP contribution in [0.2, 0.25) is 0 Å². The molecule has 0 rings (SSSR count). The minimum atomic E-state index is -2.27. The molecular weight excluding hydrogens is 280 g/mol. The average Bonchev–Trinajstić information content (AvgIpc) is 2.48. The molecule has 8 N–H and O–H groups in total. The Bertz CT molecular complexity index is 280. The normalized spacial score (nSPS) is 23.8. The molecule has 8 atom stereocenters. The lowest BCUT2D eigenvalue weighted by atomic mass is 9.93. The first-order valence-electron chi connectivity index (χ1n) is 5.54. The van der Waals surface area contributed by atoms with Gasteiger partial charge in [-0.3, -0.25) is 0 Å². The lowest BCUT2D eigenvalue weighted by molar-refractivity contribution is -0.176. The van der Waals surface area contributed by atoms with Gasteiger partial charge in [-0.1, -0.05) is 0 Å². The van der Waals surface area contributed by atoms with Gasteiger partial charge in [0, 0.05) is 0 Å². The summed E-state index contributed by atoms with van der Waals surface area (Å²) in [6.07, 6.45) is -17.7. The second kappa shape index (κ2) is 8.34. The van der Waals surface area contributed by atoms with Crippen LogP contribution in [-0.4, -0.2) is 102 Å². The van der Waals surface area contributed by atoms with Crippen molar-refractivity contribution in [2.75, 3.05) is 0 Å². The molecule has 0 radical (unpaired) electrons. The van der Waals surface area contributed by atoms with E-state index in [1.807, 2.05) is 0 Å². The highest BCUT2D eigenvalue weighted by atomic mass is 16.4. The molecule has 0 aromatic rings. The summed E-state index contributed by atoms with van der Waals surface area (Å²) >= 11 is 0. The molecule has 10 nitrogen and oxygen atoms in total. The van der Waals surface area contributed by atoms with Crippen LogP contribution in [0.5, 0.6) is 0 Å². The monoisotopic (exact) mass is 298 g/mol. The second-order valence-electron chi connectivity index (χ2n) is 4.20. The summed E-state index contributed by atoms with van der Waals surface area (Å²) < 4.78 is 0. The Morgan fingerprint density at radius 3 is 0.850 bits per heavy atom. The van der Waals surface area contributed by atoms with Crippen molar-refractivity contribution in [2.24, 2.45) is 0 Å². The fraction of sp³-hybridized carbons (Fsp3) is 0.800. The Hall–Kier alpha value is -0.980. The quantitative estimate of drug-likeness (QED) is 0.190. The molecule has 8 unspecified atom stereocenters. The van der Waals surface area contributed by atoms with Gasteiger partial charge in [-0.15, -0.1) is 0 Å². The van der Waals surface area contributed by atoms with Crippen LogP contribution >= 0.6 is 0 Å². The highest BCUT2D eigenvalue weighted by Crippen LogP contribution is 2.13. The second-order valence-corrected chi connectivity index (χ2v) is 4.20. The third-order valence-electron chi connectivity index (χ3n) is 2.73. The maximum Gasteiger partial charge on any atom is 0.151 e. The van der Waals surface area contributed by atoms with Gasteiger partial charge in [0.05, 0.1) is 0 Å². The van der Waals surface area contributed by atoms with Gasteiger partial charge in [0.1, 0.15) is 48.8 Å². The number of aliphatic hydroxyl groups excluding tert-OH is 8. The molecule has 0 amide bonds. The van der Waals surface area contributed by atoms with Crippen LogP contribution in [0.25, 0.3) is 0 Å². The summed E-state index contributed by atoms with van der Waals surface area (Å²) in [4.78, 5) is 20.4. The Balaban J connectivity index is 4.78. The lowest BCUT2D eigenvalue weighted by Crippen LogP contribution is -2.56. The molecule has 0 bridgehead atoms. The SMILES string of the molecule is O=CC(O)C(O)C(O)C(O)C(O)C(O)C(O)C(O)C=O. The Labute approximate surface area is 113 Å². The molecule has 20 heavy (non-hydrogen) atoms. The van der Waals surface area contributed by atoms with Gasteiger partial charge in [0.25, 0.3) is 0 Å². The fourth-order valence-electron chi connectivity index (χ4n) is 1.37. The predicted octanol–water partition coefficient (Wildman–Crippen LogP) is -5.73. The Morgan fingerprint density at radius 2 is 0.650 bits per heavy atom. The summed E-state index contributed by atoms with van der Waals surface area (Å²) in [5.41, 5.74) is 0. The molecule has 0 spiro atoms. The maximum absolute atomic E-state index is 10.2. The predicted molar refractivity (Wildman–Crippen MR) is 60.2 cm³/mol. The molecule has 0 aliphatic heterocycles. The van der Waals surface area contributed by atoms with E-state index >= 15 is 0 Å². The molecule has 0 saturated heterocycles. The Kier molecular flexibility index (Phi) is 7.93. The molecule has 0 aliphatic rings. The van der Waals surface area contributed by atoms with Gasteiger partial charge in [0.15, 0.2) is 12.6 Å². The van der Waals surface area contributed by atoms with Crippen molar-refractivity contribution in [3.63, 3.8) is 0 Å². The van der Waals surface area contributed by atoms with Crippen LogP contribution in [-0.2, 0) is 9.59 Å². The van der Waals surface area contributed by atoms with Gasteiger partial charge < -0.3 is 50.4 Å². The molecule has 0 aromatic heterocycles. The number of hydrogen-bond donors (Lipinski definition) is 8. The first-order valence-corrected chi connectivity index (χ1v) is 5.54. The summed E-state index contributed by atoms with van der Waals surface area (Å²) in [6.45, 7) is 0. The lowest BCUT2D eigenvalue weighted by Gasteiger charge is -2.31. The Morgan fingerprint density at radius 1 is 0.450 bits per heavy atom. The fourth-order valence-corrected chi connectivity index (χ4v) is 1.37. The smallest absolute Gasteiger partial charge is 0.151 e. The number of rotatable bonds is 9. The van der Waals surface area contributed by atoms with Crippen molar-refractivity contribution in [3.05, 3.63) is 0 Å². The first kappa shape index (κ1) is 19.0. The van der Waals surface area contributed by atoms with E-state index in [0.717, 1.165) is 0 Å². The summed E-state index contributed by atoms with van der Waals surface area (Å²) in [7, 11) is 0. The average molecular weight is 298 g/mol. The summed E-state index contributed by atoms with van der Waals surface area (Å²) in [5.74, 6) is 0. The van der Waals surface area contributed by atoms with E-state index in [2.05, 4.69) is 0 Å². The zero-order valence-electron chi connectivity index (χ0n) is 10.2.